The SMILES string of the molecule is COc1cc(OC)c(/C=N\NC(=O)CSc2nnc(-c3ccccc3)n2-c2ccc(Cl)cc2)c(OC)c1. The summed E-state index contributed by atoms with van der Waals surface area (Å²) in [6.45, 7) is 0. The van der Waals surface area contributed by atoms with E-state index in [-0.39, 0.29) is 11.7 Å². The van der Waals surface area contributed by atoms with E-state index in [1.54, 1.807) is 31.4 Å². The molecule has 0 radical (unpaired) electrons. The molecule has 11 heteroatoms. The highest BCUT2D eigenvalue weighted by molar-refractivity contribution is 7.99. The maximum atomic E-state index is 12.6. The minimum atomic E-state index is -0.320. The van der Waals surface area contributed by atoms with Gasteiger partial charge in [-0.25, -0.2) is 5.43 Å². The summed E-state index contributed by atoms with van der Waals surface area (Å²) in [6.07, 6.45) is 1.46. The third-order valence-electron chi connectivity index (χ3n) is 5.22. The van der Waals surface area contributed by atoms with Crippen molar-refractivity contribution in [2.75, 3.05) is 27.1 Å². The molecule has 1 N–H and O–H groups in total. The molecular formula is C26H24ClN5O4S. The monoisotopic (exact) mass is 537 g/mol. The summed E-state index contributed by atoms with van der Waals surface area (Å²) in [6, 6.07) is 20.5. The molecule has 0 aliphatic carbocycles. The molecule has 0 saturated heterocycles. The Morgan fingerprint density at radius 1 is 1.00 bits per heavy atom. The van der Waals surface area contributed by atoms with Gasteiger partial charge in [-0.15, -0.1) is 10.2 Å². The van der Waals surface area contributed by atoms with Crippen molar-refractivity contribution in [2.45, 2.75) is 5.16 Å². The zero-order chi connectivity index (χ0) is 26.2. The first-order valence-corrected chi connectivity index (χ1v) is 12.4. The summed E-state index contributed by atoms with van der Waals surface area (Å²) in [5, 5.41) is 14.0. The molecule has 0 fully saturated rings. The average Bonchev–Trinajstić information content (AvgIpc) is 3.36. The van der Waals surface area contributed by atoms with Crippen LogP contribution in [0.3, 0.4) is 0 Å². The summed E-state index contributed by atoms with van der Waals surface area (Å²) in [5.74, 6) is 1.96. The number of hydrogen-bond donors (Lipinski definition) is 1. The van der Waals surface area contributed by atoms with Gasteiger partial charge in [0.1, 0.15) is 17.2 Å². The molecular weight excluding hydrogens is 514 g/mol. The molecule has 0 unspecified atom stereocenters. The van der Waals surface area contributed by atoms with Crippen LogP contribution in [0.2, 0.25) is 5.02 Å². The second kappa shape index (κ2) is 12.3. The quantitative estimate of drug-likeness (QED) is 0.175. The zero-order valence-electron chi connectivity index (χ0n) is 20.3. The van der Waals surface area contributed by atoms with Crippen LogP contribution < -0.4 is 19.6 Å². The lowest BCUT2D eigenvalue weighted by Crippen LogP contribution is -2.20. The van der Waals surface area contributed by atoms with Crippen LogP contribution >= 0.6 is 23.4 Å². The molecule has 37 heavy (non-hydrogen) atoms. The predicted molar refractivity (Wildman–Crippen MR) is 144 cm³/mol. The Balaban J connectivity index is 1.50. The first-order chi connectivity index (χ1) is 18.0. The number of benzene rings is 3. The highest BCUT2D eigenvalue weighted by Gasteiger charge is 2.17. The lowest BCUT2D eigenvalue weighted by Gasteiger charge is -2.12. The second-order valence-corrected chi connectivity index (χ2v) is 8.89. The van der Waals surface area contributed by atoms with Gasteiger partial charge in [0.15, 0.2) is 11.0 Å². The van der Waals surface area contributed by atoms with Crippen LogP contribution in [0.4, 0.5) is 0 Å². The fourth-order valence-corrected chi connectivity index (χ4v) is 4.32. The van der Waals surface area contributed by atoms with Crippen LogP contribution in [0, 0.1) is 0 Å². The highest BCUT2D eigenvalue weighted by atomic mass is 35.5. The molecule has 190 valence electrons. The minimum absolute atomic E-state index is 0.0642. The number of amides is 1. The van der Waals surface area contributed by atoms with E-state index in [0.29, 0.717) is 38.8 Å². The molecule has 3 aromatic carbocycles. The number of ether oxygens (including phenoxy) is 3. The molecule has 4 aromatic rings. The maximum absolute atomic E-state index is 12.6. The van der Waals surface area contributed by atoms with Gasteiger partial charge in [-0.2, -0.15) is 5.10 Å². The van der Waals surface area contributed by atoms with Gasteiger partial charge in [0.25, 0.3) is 5.91 Å². The minimum Gasteiger partial charge on any atom is -0.496 e. The van der Waals surface area contributed by atoms with Crippen molar-refractivity contribution in [1.82, 2.24) is 20.2 Å². The zero-order valence-corrected chi connectivity index (χ0v) is 21.9. The fraction of sp³-hybridized carbons (Fsp3) is 0.154. The number of aromatic nitrogens is 3. The molecule has 0 aliphatic rings. The van der Waals surface area contributed by atoms with Crippen molar-refractivity contribution >= 4 is 35.5 Å². The smallest absolute Gasteiger partial charge is 0.250 e. The van der Waals surface area contributed by atoms with E-state index in [2.05, 4.69) is 20.7 Å². The Morgan fingerprint density at radius 2 is 1.68 bits per heavy atom. The number of nitrogens with one attached hydrogen (secondary N) is 1. The molecule has 9 nitrogen and oxygen atoms in total. The van der Waals surface area contributed by atoms with Crippen molar-refractivity contribution in [1.29, 1.82) is 0 Å². The lowest BCUT2D eigenvalue weighted by atomic mass is 10.2. The van der Waals surface area contributed by atoms with Gasteiger partial charge < -0.3 is 14.2 Å². The highest BCUT2D eigenvalue weighted by Crippen LogP contribution is 2.33. The molecule has 1 amide bonds. The maximum Gasteiger partial charge on any atom is 0.250 e. The Kier molecular flexibility index (Phi) is 8.65. The van der Waals surface area contributed by atoms with Gasteiger partial charge in [-0.3, -0.25) is 9.36 Å². The van der Waals surface area contributed by atoms with Gasteiger partial charge in [-0.1, -0.05) is 53.7 Å². The second-order valence-electron chi connectivity index (χ2n) is 7.51. The van der Waals surface area contributed by atoms with Crippen molar-refractivity contribution in [3.63, 3.8) is 0 Å². The number of carbonyl (C=O) groups excluding carboxylic acids is 1. The van der Waals surface area contributed by atoms with Crippen LogP contribution in [0.5, 0.6) is 17.2 Å². The largest absolute Gasteiger partial charge is 0.496 e. The Morgan fingerprint density at radius 3 is 2.30 bits per heavy atom. The van der Waals surface area contributed by atoms with Gasteiger partial charge in [-0.05, 0) is 24.3 Å². The standard InChI is InChI=1S/C26H24ClN5O4S/c1-34-20-13-22(35-2)21(23(14-20)36-3)15-28-29-24(33)16-37-26-31-30-25(17-7-5-4-6-8-17)32(26)19-11-9-18(27)10-12-19/h4-15H,16H2,1-3H3,(H,29,33)/b28-15-. The molecule has 0 saturated carbocycles. The summed E-state index contributed by atoms with van der Waals surface area (Å²) < 4.78 is 17.9. The van der Waals surface area contributed by atoms with Gasteiger partial charge in [0, 0.05) is 28.4 Å². The average molecular weight is 538 g/mol. The Bertz CT molecular complexity index is 1370. The molecule has 0 spiro atoms. The molecule has 1 aromatic heterocycles. The van der Waals surface area contributed by atoms with Gasteiger partial charge in [0.05, 0.1) is 38.9 Å². The number of rotatable bonds is 10. The lowest BCUT2D eigenvalue weighted by molar-refractivity contribution is -0.118. The number of methoxy groups -OCH3 is 3. The van der Waals surface area contributed by atoms with Gasteiger partial charge in [0.2, 0.25) is 0 Å². The summed E-state index contributed by atoms with van der Waals surface area (Å²) >= 11 is 7.33. The summed E-state index contributed by atoms with van der Waals surface area (Å²) in [5.41, 5.74) is 4.82. The van der Waals surface area contributed by atoms with E-state index in [4.69, 9.17) is 25.8 Å². The molecule has 0 bridgehead atoms. The first-order valence-electron chi connectivity index (χ1n) is 11.1. The molecule has 0 atom stereocenters. The molecule has 1 heterocycles. The van der Waals surface area contributed by atoms with E-state index in [1.165, 1.54) is 32.2 Å². The molecule has 4 rings (SSSR count). The number of hydrazone groups is 1. The third kappa shape index (κ3) is 6.22. The topological polar surface area (TPSA) is 99.9 Å². The third-order valence-corrected chi connectivity index (χ3v) is 6.40. The van der Waals surface area contributed by atoms with Crippen molar-refractivity contribution < 1.29 is 19.0 Å². The number of nitrogens with zero attached hydrogens (tertiary/aromatic N) is 4. The Labute approximate surface area is 223 Å². The molecule has 0 aliphatic heterocycles. The van der Waals surface area contributed by atoms with Crippen LogP contribution in [0.15, 0.2) is 77.0 Å². The van der Waals surface area contributed by atoms with Crippen LogP contribution in [-0.2, 0) is 4.79 Å². The van der Waals surface area contributed by atoms with Crippen LogP contribution in [0.25, 0.3) is 17.1 Å². The number of halogens is 1. The number of hydrogen-bond acceptors (Lipinski definition) is 8. The van der Waals surface area contributed by atoms with Crippen molar-refractivity contribution in [3.05, 3.63) is 77.3 Å². The normalized spacial score (nSPS) is 10.9. The van der Waals surface area contributed by atoms with Gasteiger partial charge >= 0.3 is 0 Å². The van der Waals surface area contributed by atoms with Crippen LogP contribution in [-0.4, -0.2) is 54.0 Å². The number of carbonyl (C=O) groups is 1. The summed E-state index contributed by atoms with van der Waals surface area (Å²) in [7, 11) is 4.61. The van der Waals surface area contributed by atoms with E-state index in [9.17, 15) is 4.79 Å². The first kappa shape index (κ1) is 26.1. The van der Waals surface area contributed by atoms with E-state index in [0.717, 1.165) is 11.3 Å². The van der Waals surface area contributed by atoms with E-state index in [1.807, 2.05) is 47.0 Å². The summed E-state index contributed by atoms with van der Waals surface area (Å²) in [4.78, 5) is 12.6. The number of thioether (sulfide) groups is 1. The van der Waals surface area contributed by atoms with Crippen molar-refractivity contribution in [2.24, 2.45) is 5.10 Å². The van der Waals surface area contributed by atoms with Crippen molar-refractivity contribution in [3.8, 4) is 34.3 Å². The van der Waals surface area contributed by atoms with Crippen LogP contribution in [0.1, 0.15) is 5.56 Å². The fourth-order valence-electron chi connectivity index (χ4n) is 3.45. The van der Waals surface area contributed by atoms with E-state index >= 15 is 0 Å². The van der Waals surface area contributed by atoms with E-state index < -0.39 is 0 Å². The Hall–Kier alpha value is -4.02. The predicted octanol–water partition coefficient (Wildman–Crippen LogP) is 4.86.